The molecule has 0 radical (unpaired) electrons. The van der Waals surface area contributed by atoms with E-state index < -0.39 is 17.7 Å². The number of nitrogens with one attached hydrogen (secondary N) is 1. The Bertz CT molecular complexity index is 409. The molecular formula is C14H25N3O4. The van der Waals surface area contributed by atoms with E-state index in [0.717, 1.165) is 0 Å². The van der Waals surface area contributed by atoms with Crippen molar-refractivity contribution in [2.24, 2.45) is 11.7 Å². The first kappa shape index (κ1) is 17.3. The molecule has 3 amide bonds. The van der Waals surface area contributed by atoms with Crippen LogP contribution in [0.3, 0.4) is 0 Å². The molecule has 7 heteroatoms. The van der Waals surface area contributed by atoms with Crippen molar-refractivity contribution in [3.8, 4) is 0 Å². The number of piperidine rings is 1. The van der Waals surface area contributed by atoms with Crippen LogP contribution in [0.2, 0.25) is 0 Å². The van der Waals surface area contributed by atoms with Crippen molar-refractivity contribution < 1.29 is 19.1 Å². The molecule has 1 saturated heterocycles. The molecule has 0 aromatic carbocycles. The van der Waals surface area contributed by atoms with E-state index in [1.807, 2.05) is 0 Å². The van der Waals surface area contributed by atoms with Gasteiger partial charge in [0.25, 0.3) is 0 Å². The highest BCUT2D eigenvalue weighted by molar-refractivity contribution is 5.85. The minimum Gasteiger partial charge on any atom is -0.444 e. The van der Waals surface area contributed by atoms with Crippen molar-refractivity contribution in [1.29, 1.82) is 0 Å². The Balaban J connectivity index is 2.45. The van der Waals surface area contributed by atoms with Gasteiger partial charge in [-0.3, -0.25) is 9.59 Å². The molecule has 0 bridgehead atoms. The summed E-state index contributed by atoms with van der Waals surface area (Å²) in [5.74, 6) is -0.658. The summed E-state index contributed by atoms with van der Waals surface area (Å²) in [6.07, 6.45) is 0.524. The lowest BCUT2D eigenvalue weighted by Gasteiger charge is -2.32. The minimum atomic E-state index is -0.662. The van der Waals surface area contributed by atoms with E-state index in [0.29, 0.717) is 25.9 Å². The number of ether oxygens (including phenoxy) is 1. The molecule has 1 heterocycles. The first-order chi connectivity index (χ1) is 9.60. The maximum Gasteiger partial charge on any atom is 0.408 e. The average molecular weight is 299 g/mol. The molecule has 0 spiro atoms. The third-order valence-corrected chi connectivity index (χ3v) is 3.31. The second kappa shape index (κ2) is 6.78. The lowest BCUT2D eigenvalue weighted by Crippen LogP contribution is -2.51. The smallest absolute Gasteiger partial charge is 0.408 e. The number of hydrogen-bond acceptors (Lipinski definition) is 4. The maximum atomic E-state index is 12.2. The van der Waals surface area contributed by atoms with Crippen LogP contribution in [0.25, 0.3) is 0 Å². The topological polar surface area (TPSA) is 102 Å². The molecule has 1 aliphatic heterocycles. The van der Waals surface area contributed by atoms with E-state index >= 15 is 0 Å². The van der Waals surface area contributed by atoms with E-state index in [2.05, 4.69) is 5.32 Å². The molecule has 1 aliphatic rings. The standard InChI is InChI=1S/C14H25N3O4/c1-9(16-13(20)21-14(2,3)4)12(19)17-7-5-10(6-8-17)11(15)18/h9-10H,5-8H2,1-4H3,(H2,15,18)(H,16,20). The first-order valence-corrected chi connectivity index (χ1v) is 7.18. The van der Waals surface area contributed by atoms with Crippen LogP contribution in [-0.4, -0.2) is 47.5 Å². The van der Waals surface area contributed by atoms with Crippen LogP contribution in [-0.2, 0) is 14.3 Å². The summed E-state index contributed by atoms with van der Waals surface area (Å²) in [5, 5.41) is 2.52. The fourth-order valence-corrected chi connectivity index (χ4v) is 2.20. The van der Waals surface area contributed by atoms with Crippen LogP contribution in [0, 0.1) is 5.92 Å². The van der Waals surface area contributed by atoms with Crippen LogP contribution in [0.15, 0.2) is 0 Å². The van der Waals surface area contributed by atoms with Gasteiger partial charge in [0.1, 0.15) is 11.6 Å². The average Bonchev–Trinajstić information content (AvgIpc) is 2.35. The van der Waals surface area contributed by atoms with Crippen molar-refractivity contribution in [1.82, 2.24) is 10.2 Å². The second-order valence-corrected chi connectivity index (χ2v) is 6.37. The summed E-state index contributed by atoms with van der Waals surface area (Å²) in [4.78, 5) is 36.6. The van der Waals surface area contributed by atoms with Gasteiger partial charge in [-0.25, -0.2) is 4.79 Å². The Kier molecular flexibility index (Phi) is 5.57. The highest BCUT2D eigenvalue weighted by atomic mass is 16.6. The Morgan fingerprint density at radius 1 is 1.24 bits per heavy atom. The first-order valence-electron chi connectivity index (χ1n) is 7.18. The molecular weight excluding hydrogens is 274 g/mol. The maximum absolute atomic E-state index is 12.2. The van der Waals surface area contributed by atoms with Crippen LogP contribution >= 0.6 is 0 Å². The van der Waals surface area contributed by atoms with Gasteiger partial charge in [-0.1, -0.05) is 0 Å². The number of carbonyl (C=O) groups excluding carboxylic acids is 3. The van der Waals surface area contributed by atoms with Crippen LogP contribution in [0.1, 0.15) is 40.5 Å². The van der Waals surface area contributed by atoms with Crippen molar-refractivity contribution in [2.75, 3.05) is 13.1 Å². The van der Waals surface area contributed by atoms with Crippen molar-refractivity contribution in [3.05, 3.63) is 0 Å². The summed E-state index contributed by atoms with van der Waals surface area (Å²) >= 11 is 0. The molecule has 21 heavy (non-hydrogen) atoms. The SMILES string of the molecule is CC(NC(=O)OC(C)(C)C)C(=O)N1CCC(C(N)=O)CC1. The molecule has 3 N–H and O–H groups in total. The molecule has 1 fully saturated rings. The summed E-state index contributed by atoms with van der Waals surface area (Å²) in [7, 11) is 0. The summed E-state index contributed by atoms with van der Waals surface area (Å²) in [6.45, 7) is 7.85. The van der Waals surface area contributed by atoms with Gasteiger partial charge in [0, 0.05) is 19.0 Å². The van der Waals surface area contributed by atoms with Gasteiger partial charge in [0.2, 0.25) is 11.8 Å². The molecule has 0 aromatic rings. The monoisotopic (exact) mass is 299 g/mol. The van der Waals surface area contributed by atoms with Gasteiger partial charge in [0.05, 0.1) is 0 Å². The number of amides is 3. The van der Waals surface area contributed by atoms with E-state index in [1.165, 1.54) is 0 Å². The number of nitrogens with zero attached hydrogens (tertiary/aromatic N) is 1. The lowest BCUT2D eigenvalue weighted by molar-refractivity contribution is -0.136. The Morgan fingerprint density at radius 3 is 2.19 bits per heavy atom. The molecule has 120 valence electrons. The van der Waals surface area contributed by atoms with Crippen LogP contribution < -0.4 is 11.1 Å². The Hall–Kier alpha value is -1.79. The number of nitrogens with two attached hydrogens (primary N) is 1. The molecule has 7 nitrogen and oxygen atoms in total. The van der Waals surface area contributed by atoms with Gasteiger partial charge in [0.15, 0.2) is 0 Å². The third kappa shape index (κ3) is 5.61. The molecule has 1 rings (SSSR count). The van der Waals surface area contributed by atoms with Crippen LogP contribution in [0.5, 0.6) is 0 Å². The van der Waals surface area contributed by atoms with Crippen molar-refractivity contribution in [2.45, 2.75) is 52.2 Å². The number of carbonyl (C=O) groups is 3. The quantitative estimate of drug-likeness (QED) is 0.797. The molecule has 0 aromatic heterocycles. The predicted octanol–water partition coefficient (Wildman–Crippen LogP) is 0.624. The Morgan fingerprint density at radius 2 is 1.76 bits per heavy atom. The van der Waals surface area contributed by atoms with Gasteiger partial charge in [-0.05, 0) is 40.5 Å². The number of hydrogen-bond donors (Lipinski definition) is 2. The molecule has 0 saturated carbocycles. The summed E-state index contributed by atoms with van der Waals surface area (Å²) in [6, 6.07) is -0.662. The number of alkyl carbamates (subject to hydrolysis) is 1. The van der Waals surface area contributed by atoms with Gasteiger partial charge in [-0.15, -0.1) is 0 Å². The zero-order valence-corrected chi connectivity index (χ0v) is 13.1. The fourth-order valence-electron chi connectivity index (χ4n) is 2.20. The van der Waals surface area contributed by atoms with Gasteiger partial charge in [-0.2, -0.15) is 0 Å². The number of primary amides is 1. The van der Waals surface area contributed by atoms with E-state index in [9.17, 15) is 14.4 Å². The molecule has 1 atom stereocenters. The van der Waals surface area contributed by atoms with E-state index in [4.69, 9.17) is 10.5 Å². The zero-order chi connectivity index (χ0) is 16.2. The summed E-state index contributed by atoms with van der Waals surface area (Å²) in [5.41, 5.74) is 4.65. The lowest BCUT2D eigenvalue weighted by atomic mass is 9.96. The number of rotatable bonds is 3. The van der Waals surface area contributed by atoms with Gasteiger partial charge < -0.3 is 20.7 Å². The van der Waals surface area contributed by atoms with Crippen LogP contribution in [0.4, 0.5) is 4.79 Å². The Labute approximate surface area is 125 Å². The highest BCUT2D eigenvalue weighted by Crippen LogP contribution is 2.17. The molecule has 1 unspecified atom stereocenters. The third-order valence-electron chi connectivity index (χ3n) is 3.31. The minimum absolute atomic E-state index is 0.164. The predicted molar refractivity (Wildman–Crippen MR) is 77.3 cm³/mol. The highest BCUT2D eigenvalue weighted by Gasteiger charge is 2.29. The van der Waals surface area contributed by atoms with E-state index in [-0.39, 0.29) is 17.7 Å². The fraction of sp³-hybridized carbons (Fsp3) is 0.786. The van der Waals surface area contributed by atoms with Crippen molar-refractivity contribution >= 4 is 17.9 Å². The van der Waals surface area contributed by atoms with E-state index in [1.54, 1.807) is 32.6 Å². The second-order valence-electron chi connectivity index (χ2n) is 6.37. The normalized spacial score (nSPS) is 18.0. The summed E-state index contributed by atoms with van der Waals surface area (Å²) < 4.78 is 5.11. The van der Waals surface area contributed by atoms with Gasteiger partial charge >= 0.3 is 6.09 Å². The van der Waals surface area contributed by atoms with Crippen molar-refractivity contribution in [3.63, 3.8) is 0 Å². The zero-order valence-electron chi connectivity index (χ0n) is 13.1. The molecule has 0 aliphatic carbocycles. The largest absolute Gasteiger partial charge is 0.444 e. The number of likely N-dealkylation sites (tertiary alicyclic amines) is 1.